The number of hydrogen-bond donors (Lipinski definition) is 2. The number of aromatic nitrogens is 2. The zero-order chi connectivity index (χ0) is 13.9. The molecule has 4 nitrogen and oxygen atoms in total. The van der Waals surface area contributed by atoms with Crippen molar-refractivity contribution in [3.8, 4) is 0 Å². The van der Waals surface area contributed by atoms with Gasteiger partial charge < -0.3 is 10.4 Å². The highest BCUT2D eigenvalue weighted by Crippen LogP contribution is 2.40. The van der Waals surface area contributed by atoms with Crippen molar-refractivity contribution in [1.29, 1.82) is 0 Å². The highest BCUT2D eigenvalue weighted by atomic mass is 32.2. The van der Waals surface area contributed by atoms with Crippen molar-refractivity contribution >= 4 is 11.8 Å². The summed E-state index contributed by atoms with van der Waals surface area (Å²) in [5.74, 6) is 0. The minimum absolute atomic E-state index is 0.0543. The van der Waals surface area contributed by atoms with Crippen LogP contribution in [0.2, 0.25) is 0 Å². The van der Waals surface area contributed by atoms with E-state index in [2.05, 4.69) is 23.4 Å². The molecule has 2 atom stereocenters. The zero-order valence-electron chi connectivity index (χ0n) is 12.1. The van der Waals surface area contributed by atoms with Crippen LogP contribution in [0.15, 0.2) is 11.1 Å². The second-order valence-electron chi connectivity index (χ2n) is 5.60. The first-order chi connectivity index (χ1) is 9.08. The quantitative estimate of drug-likeness (QED) is 0.839. The fourth-order valence-corrected chi connectivity index (χ4v) is 4.21. The maximum absolute atomic E-state index is 9.70. The van der Waals surface area contributed by atoms with Crippen LogP contribution in [-0.4, -0.2) is 38.8 Å². The van der Waals surface area contributed by atoms with E-state index >= 15 is 0 Å². The Hall–Kier alpha value is -0.520. The molecule has 0 bridgehead atoms. The second-order valence-corrected chi connectivity index (χ2v) is 6.92. The van der Waals surface area contributed by atoms with Crippen molar-refractivity contribution in [2.45, 2.75) is 55.3 Å². The molecular formula is C14H25N3OS. The van der Waals surface area contributed by atoms with Crippen LogP contribution >= 0.6 is 11.8 Å². The van der Waals surface area contributed by atoms with Crippen LogP contribution in [0.4, 0.5) is 0 Å². The van der Waals surface area contributed by atoms with Gasteiger partial charge in [-0.05, 0) is 45.2 Å². The van der Waals surface area contributed by atoms with Gasteiger partial charge in [-0.15, -0.1) is 11.8 Å². The summed E-state index contributed by atoms with van der Waals surface area (Å²) in [7, 11) is 2.00. The van der Waals surface area contributed by atoms with E-state index in [0.29, 0.717) is 5.25 Å². The van der Waals surface area contributed by atoms with Crippen LogP contribution in [0.1, 0.15) is 38.3 Å². The maximum Gasteiger partial charge on any atom is 0.0942 e. The minimum atomic E-state index is -0.0543. The molecule has 2 unspecified atom stereocenters. The van der Waals surface area contributed by atoms with E-state index < -0.39 is 0 Å². The van der Waals surface area contributed by atoms with E-state index in [1.807, 2.05) is 30.4 Å². The number of thioether (sulfide) groups is 1. The molecule has 0 saturated heterocycles. The molecule has 1 aliphatic rings. The van der Waals surface area contributed by atoms with Gasteiger partial charge in [-0.25, -0.2) is 0 Å². The van der Waals surface area contributed by atoms with Gasteiger partial charge >= 0.3 is 0 Å². The molecule has 0 aromatic carbocycles. The number of aryl methyl sites for hydroxylation is 2. The number of hydrogen-bond acceptors (Lipinski definition) is 4. The van der Waals surface area contributed by atoms with Crippen molar-refractivity contribution in [2.75, 3.05) is 13.2 Å². The third-order valence-electron chi connectivity index (χ3n) is 3.86. The zero-order valence-corrected chi connectivity index (χ0v) is 13.0. The number of aliphatic hydroxyl groups excluding tert-OH is 1. The van der Waals surface area contributed by atoms with Crippen LogP contribution in [0.3, 0.4) is 0 Å². The lowest BCUT2D eigenvalue weighted by molar-refractivity contribution is 0.165. The number of aliphatic hydroxyl groups is 1. The SMILES string of the molecule is CCCNC1(CO)CCC(Sc2cc(C)nn2C)C1. The molecule has 1 heterocycles. The average molecular weight is 283 g/mol. The van der Waals surface area contributed by atoms with Crippen molar-refractivity contribution < 1.29 is 5.11 Å². The highest BCUT2D eigenvalue weighted by molar-refractivity contribution is 7.99. The fourth-order valence-electron chi connectivity index (χ4n) is 2.80. The van der Waals surface area contributed by atoms with E-state index in [9.17, 15) is 5.11 Å². The summed E-state index contributed by atoms with van der Waals surface area (Å²) >= 11 is 1.90. The topological polar surface area (TPSA) is 50.1 Å². The lowest BCUT2D eigenvalue weighted by Crippen LogP contribution is -2.46. The molecule has 1 aliphatic carbocycles. The third kappa shape index (κ3) is 3.52. The lowest BCUT2D eigenvalue weighted by atomic mass is 9.99. The molecule has 1 aromatic rings. The van der Waals surface area contributed by atoms with Gasteiger partial charge in [-0.2, -0.15) is 5.10 Å². The molecule has 0 amide bonds. The largest absolute Gasteiger partial charge is 0.394 e. The Labute approximate surface area is 120 Å². The molecule has 0 radical (unpaired) electrons. The molecule has 5 heteroatoms. The Balaban J connectivity index is 1.95. The maximum atomic E-state index is 9.70. The first kappa shape index (κ1) is 14.9. The van der Waals surface area contributed by atoms with E-state index in [1.165, 1.54) is 5.03 Å². The summed E-state index contributed by atoms with van der Waals surface area (Å²) in [6.45, 7) is 5.43. The predicted octanol–water partition coefficient (Wildman–Crippen LogP) is 2.10. The van der Waals surface area contributed by atoms with E-state index in [-0.39, 0.29) is 12.1 Å². The smallest absolute Gasteiger partial charge is 0.0942 e. The van der Waals surface area contributed by atoms with Crippen LogP contribution in [0.25, 0.3) is 0 Å². The average Bonchev–Trinajstić information content (AvgIpc) is 2.92. The van der Waals surface area contributed by atoms with Gasteiger partial charge in [0.05, 0.1) is 17.3 Å². The second kappa shape index (κ2) is 6.29. The monoisotopic (exact) mass is 283 g/mol. The molecule has 1 fully saturated rings. The number of nitrogens with one attached hydrogen (secondary N) is 1. The van der Waals surface area contributed by atoms with Crippen molar-refractivity contribution in [2.24, 2.45) is 7.05 Å². The summed E-state index contributed by atoms with van der Waals surface area (Å²) in [5.41, 5.74) is 1.02. The van der Waals surface area contributed by atoms with E-state index in [4.69, 9.17) is 0 Å². The molecular weight excluding hydrogens is 258 g/mol. The molecule has 0 aliphatic heterocycles. The van der Waals surface area contributed by atoms with Crippen LogP contribution < -0.4 is 5.32 Å². The Morgan fingerprint density at radius 2 is 2.42 bits per heavy atom. The van der Waals surface area contributed by atoms with E-state index in [0.717, 1.165) is 37.9 Å². The van der Waals surface area contributed by atoms with Crippen molar-refractivity contribution in [3.63, 3.8) is 0 Å². The van der Waals surface area contributed by atoms with Crippen LogP contribution in [-0.2, 0) is 7.05 Å². The number of rotatable bonds is 6. The minimum Gasteiger partial charge on any atom is -0.394 e. The summed E-state index contributed by atoms with van der Waals surface area (Å²) in [5, 5.41) is 19.4. The Morgan fingerprint density at radius 3 is 3.00 bits per heavy atom. The Bertz CT molecular complexity index is 421. The Kier molecular flexibility index (Phi) is 4.92. The molecule has 19 heavy (non-hydrogen) atoms. The first-order valence-corrected chi connectivity index (χ1v) is 8.00. The van der Waals surface area contributed by atoms with Crippen LogP contribution in [0.5, 0.6) is 0 Å². The fraction of sp³-hybridized carbons (Fsp3) is 0.786. The van der Waals surface area contributed by atoms with E-state index in [1.54, 1.807) is 0 Å². The molecule has 0 spiro atoms. The normalized spacial score (nSPS) is 27.1. The molecule has 2 rings (SSSR count). The van der Waals surface area contributed by atoms with Crippen molar-refractivity contribution in [1.82, 2.24) is 15.1 Å². The molecule has 1 saturated carbocycles. The Morgan fingerprint density at radius 1 is 1.63 bits per heavy atom. The van der Waals surface area contributed by atoms with Gasteiger partial charge in [0, 0.05) is 17.8 Å². The molecule has 108 valence electrons. The third-order valence-corrected chi connectivity index (χ3v) is 5.22. The molecule has 2 N–H and O–H groups in total. The number of nitrogens with zero attached hydrogens (tertiary/aromatic N) is 2. The summed E-state index contributed by atoms with van der Waals surface area (Å²) in [6.07, 6.45) is 4.38. The van der Waals surface area contributed by atoms with Gasteiger partial charge in [0.1, 0.15) is 0 Å². The lowest BCUT2D eigenvalue weighted by Gasteiger charge is -2.28. The van der Waals surface area contributed by atoms with Gasteiger partial charge in [0.2, 0.25) is 0 Å². The summed E-state index contributed by atoms with van der Waals surface area (Å²) < 4.78 is 1.96. The summed E-state index contributed by atoms with van der Waals surface area (Å²) in [4.78, 5) is 0. The standard InChI is InChI=1S/C14H25N3OS/c1-4-7-15-14(10-18)6-5-12(9-14)19-13-8-11(2)16-17(13)3/h8,12,15,18H,4-7,9-10H2,1-3H3. The molecule has 1 aromatic heterocycles. The van der Waals surface area contributed by atoms with Gasteiger partial charge in [0.25, 0.3) is 0 Å². The van der Waals surface area contributed by atoms with Gasteiger partial charge in [0.15, 0.2) is 0 Å². The predicted molar refractivity (Wildman–Crippen MR) is 79.6 cm³/mol. The summed E-state index contributed by atoms with van der Waals surface area (Å²) in [6, 6.07) is 2.14. The van der Waals surface area contributed by atoms with Crippen LogP contribution in [0, 0.1) is 6.92 Å². The van der Waals surface area contributed by atoms with Gasteiger partial charge in [-0.3, -0.25) is 4.68 Å². The highest BCUT2D eigenvalue weighted by Gasteiger charge is 2.38. The first-order valence-electron chi connectivity index (χ1n) is 7.12. The van der Waals surface area contributed by atoms with Crippen molar-refractivity contribution in [3.05, 3.63) is 11.8 Å². The van der Waals surface area contributed by atoms with Gasteiger partial charge in [-0.1, -0.05) is 6.92 Å².